The molecule has 0 atom stereocenters. The number of nitrogens with zero attached hydrogens (tertiary/aromatic N) is 6. The Kier molecular flexibility index (Phi) is 12.8. The maximum atomic E-state index is 12.4. The van der Waals surface area contributed by atoms with Crippen molar-refractivity contribution in [1.82, 2.24) is 0 Å². The molecule has 1 aliphatic rings. The van der Waals surface area contributed by atoms with Crippen molar-refractivity contribution >= 4 is 0 Å². The number of hydrogen-bond donors (Lipinski definition) is 2. The van der Waals surface area contributed by atoms with Gasteiger partial charge in [-0.15, -0.1) is 0 Å². The van der Waals surface area contributed by atoms with Crippen molar-refractivity contribution in [3.05, 3.63) is 136 Å². The van der Waals surface area contributed by atoms with Crippen molar-refractivity contribution in [2.75, 3.05) is 26.3 Å². The van der Waals surface area contributed by atoms with Crippen molar-refractivity contribution < 1.29 is 19.7 Å². The van der Waals surface area contributed by atoms with Gasteiger partial charge < -0.3 is 19.7 Å². The predicted molar refractivity (Wildman–Crippen MR) is 234 cm³/mol. The van der Waals surface area contributed by atoms with Crippen LogP contribution in [0.3, 0.4) is 0 Å². The molecule has 4 aromatic carbocycles. The molecule has 2 N–H and O–H groups in total. The monoisotopic (exact) mass is 786 g/mol. The molecule has 0 saturated carbocycles. The van der Waals surface area contributed by atoms with Gasteiger partial charge in [-0.2, -0.15) is 0 Å². The van der Waals surface area contributed by atoms with Gasteiger partial charge in [0.1, 0.15) is 23.0 Å². The summed E-state index contributed by atoms with van der Waals surface area (Å²) in [6.45, 7) is 26.8. The predicted octanol–water partition coefficient (Wildman–Crippen LogP) is 12.3. The van der Waals surface area contributed by atoms with Crippen molar-refractivity contribution in [2.24, 2.45) is 10.2 Å². The zero-order valence-corrected chi connectivity index (χ0v) is 36.7. The Morgan fingerprint density at radius 1 is 0.448 bits per heavy atom. The summed E-state index contributed by atoms with van der Waals surface area (Å²) in [5.74, 6) is 1.74. The molecule has 10 nitrogen and oxygen atoms in total. The summed E-state index contributed by atoms with van der Waals surface area (Å²) in [4.78, 5) is 5.89. The van der Waals surface area contributed by atoms with E-state index in [9.17, 15) is 10.2 Å². The molecule has 4 aromatic rings. The maximum Gasteiger partial charge on any atom is 0.126 e. The van der Waals surface area contributed by atoms with Gasteiger partial charge in [-0.1, -0.05) is 142 Å². The minimum atomic E-state index is -0.233. The van der Waals surface area contributed by atoms with Gasteiger partial charge >= 0.3 is 0 Å². The Morgan fingerprint density at radius 3 is 0.879 bits per heavy atom. The summed E-state index contributed by atoms with van der Waals surface area (Å²) < 4.78 is 13.2. The lowest BCUT2D eigenvalue weighted by atomic mass is 9.79. The highest BCUT2D eigenvalue weighted by Gasteiger charge is 2.28. The van der Waals surface area contributed by atoms with Crippen LogP contribution in [-0.4, -0.2) is 36.5 Å². The lowest BCUT2D eigenvalue weighted by Gasteiger charge is -2.28. The SMILES string of the molecule is CC(C)(C)c1cc2c(O)c(c1)Cc1cc(C(C)(C)C)cc(c1OCCN=[N+]=[N-])Cc1cc(C(C)(C)C)cc(c1O)Cc1cc(C(C)(C)C)cc(c1OCCN=[N+]=[N-])C2. The van der Waals surface area contributed by atoms with Crippen molar-refractivity contribution in [1.29, 1.82) is 0 Å². The zero-order chi connectivity index (χ0) is 42.8. The fraction of sp³-hybridized carbons (Fsp3) is 0.500. The number of phenolic OH excluding ortho intramolecular Hbond substituents is 2. The second-order valence-corrected chi connectivity index (χ2v) is 19.8. The molecule has 0 unspecified atom stereocenters. The van der Waals surface area contributed by atoms with Gasteiger partial charge in [-0.3, -0.25) is 0 Å². The number of azide groups is 2. The lowest BCUT2D eigenvalue weighted by Crippen LogP contribution is -2.17. The number of ether oxygens (including phenoxy) is 2. The molecule has 5 rings (SSSR count). The Labute approximate surface area is 344 Å². The van der Waals surface area contributed by atoms with E-state index in [0.717, 1.165) is 66.8 Å². The van der Waals surface area contributed by atoms with Crippen LogP contribution in [0.5, 0.6) is 23.0 Å². The van der Waals surface area contributed by atoms with E-state index in [1.165, 1.54) is 0 Å². The largest absolute Gasteiger partial charge is 0.507 e. The molecule has 10 heteroatoms. The molecular formula is C48H62N6O4. The van der Waals surface area contributed by atoms with E-state index in [-0.39, 0.29) is 59.5 Å². The quantitative estimate of drug-likeness (QED) is 0.0694. The van der Waals surface area contributed by atoms with E-state index in [0.29, 0.717) is 37.2 Å². The molecule has 0 saturated heterocycles. The number of benzene rings is 4. The molecule has 0 fully saturated rings. The second kappa shape index (κ2) is 16.9. The first kappa shape index (κ1) is 43.8. The fourth-order valence-electron chi connectivity index (χ4n) is 7.48. The minimum Gasteiger partial charge on any atom is -0.507 e. The molecule has 0 aromatic heterocycles. The first-order valence-corrected chi connectivity index (χ1v) is 20.3. The van der Waals surface area contributed by atoms with Crippen LogP contribution in [0, 0.1) is 0 Å². The Morgan fingerprint density at radius 2 is 0.672 bits per heavy atom. The van der Waals surface area contributed by atoms with Crippen LogP contribution >= 0.6 is 0 Å². The highest BCUT2D eigenvalue weighted by Crippen LogP contribution is 2.43. The fourth-order valence-corrected chi connectivity index (χ4v) is 7.48. The maximum absolute atomic E-state index is 12.4. The van der Waals surface area contributed by atoms with Gasteiger partial charge in [0.25, 0.3) is 0 Å². The molecule has 308 valence electrons. The molecule has 0 amide bonds. The van der Waals surface area contributed by atoms with Crippen LogP contribution < -0.4 is 9.47 Å². The third kappa shape index (κ3) is 10.2. The van der Waals surface area contributed by atoms with Crippen LogP contribution in [0.4, 0.5) is 0 Å². The molecule has 0 radical (unpaired) electrons. The normalized spacial score (nSPS) is 13.3. The van der Waals surface area contributed by atoms with Gasteiger partial charge in [0.05, 0.1) is 26.3 Å². The summed E-state index contributed by atoms with van der Waals surface area (Å²) in [5, 5.41) is 32.2. The third-order valence-electron chi connectivity index (χ3n) is 11.0. The number of fused-ring (bicyclic) bond motifs is 8. The average molecular weight is 787 g/mol. The summed E-state index contributed by atoms with van der Waals surface area (Å²) in [6, 6.07) is 17.1. The van der Waals surface area contributed by atoms with Crippen LogP contribution in [-0.2, 0) is 47.3 Å². The Hall–Kier alpha value is -5.30. The topological polar surface area (TPSA) is 156 Å². The van der Waals surface area contributed by atoms with E-state index in [1.807, 2.05) is 0 Å². The summed E-state index contributed by atoms with van der Waals surface area (Å²) in [5.41, 5.74) is 28.2. The molecule has 0 heterocycles. The smallest absolute Gasteiger partial charge is 0.126 e. The van der Waals surface area contributed by atoms with E-state index >= 15 is 0 Å². The third-order valence-corrected chi connectivity index (χ3v) is 11.0. The Bertz CT molecular complexity index is 2010. The van der Waals surface area contributed by atoms with Crippen LogP contribution in [0.25, 0.3) is 20.9 Å². The van der Waals surface area contributed by atoms with E-state index in [4.69, 9.17) is 20.5 Å². The van der Waals surface area contributed by atoms with Crippen molar-refractivity contribution in [3.63, 3.8) is 0 Å². The van der Waals surface area contributed by atoms with Gasteiger partial charge in [-0.25, -0.2) is 0 Å². The molecule has 58 heavy (non-hydrogen) atoms. The second-order valence-electron chi connectivity index (χ2n) is 19.8. The van der Waals surface area contributed by atoms with Gasteiger partial charge in [0.2, 0.25) is 0 Å². The number of phenols is 2. The molecule has 0 spiro atoms. The van der Waals surface area contributed by atoms with Crippen molar-refractivity contribution in [3.8, 4) is 23.0 Å². The average Bonchev–Trinajstić information content (AvgIpc) is 3.11. The Balaban J connectivity index is 1.93. The highest BCUT2D eigenvalue weighted by atomic mass is 16.5. The minimum absolute atomic E-state index is 0.155. The summed E-state index contributed by atoms with van der Waals surface area (Å²) >= 11 is 0. The number of hydrogen-bond acceptors (Lipinski definition) is 6. The molecule has 0 aliphatic heterocycles. The highest BCUT2D eigenvalue weighted by molar-refractivity contribution is 5.59. The lowest BCUT2D eigenvalue weighted by molar-refractivity contribution is 0.321. The van der Waals surface area contributed by atoms with Crippen molar-refractivity contribution in [2.45, 2.75) is 130 Å². The van der Waals surface area contributed by atoms with Crippen LogP contribution in [0.15, 0.2) is 58.8 Å². The van der Waals surface area contributed by atoms with Crippen LogP contribution in [0.1, 0.15) is 150 Å². The molecular weight excluding hydrogens is 725 g/mol. The summed E-state index contributed by atoms with van der Waals surface area (Å²) in [6.07, 6.45) is 1.49. The first-order valence-electron chi connectivity index (χ1n) is 20.3. The van der Waals surface area contributed by atoms with Gasteiger partial charge in [0.15, 0.2) is 0 Å². The van der Waals surface area contributed by atoms with Crippen LogP contribution in [0.2, 0.25) is 0 Å². The number of rotatable bonds is 8. The van der Waals surface area contributed by atoms with Gasteiger partial charge in [0, 0.05) is 35.5 Å². The molecule has 1 aliphatic carbocycles. The van der Waals surface area contributed by atoms with E-state index in [1.54, 1.807) is 0 Å². The first-order chi connectivity index (χ1) is 27.0. The van der Waals surface area contributed by atoms with Gasteiger partial charge in [-0.05, 0) is 99.5 Å². The van der Waals surface area contributed by atoms with E-state index < -0.39 is 0 Å². The molecule has 8 bridgehead atoms. The van der Waals surface area contributed by atoms with E-state index in [2.05, 4.69) is 152 Å². The standard InChI is InChI=1S/C48H62N6O4/c1-45(2,3)37-21-29-17-33-25-39(47(7,8)9)27-35(43(33)57-15-13-51-53-49)19-31-23-38(46(4,5)6)24-32(42(31)56)20-36-28-40(48(10,11)12)26-34(18-30(22-37)41(29)55)44(36)58-16-14-52-54-50/h21-28,55-56H,13-20H2,1-12H3. The number of aromatic hydroxyl groups is 2. The summed E-state index contributed by atoms with van der Waals surface area (Å²) in [7, 11) is 0. The zero-order valence-electron chi connectivity index (χ0n) is 36.7.